The van der Waals surface area contributed by atoms with E-state index < -0.39 is 22.0 Å². The first kappa shape index (κ1) is 22.7. The van der Waals surface area contributed by atoms with Crippen LogP contribution in [0.4, 0.5) is 5.69 Å². The average molecular weight is 442 g/mol. The molecule has 0 N–H and O–H groups in total. The number of rotatable bonds is 8. The van der Waals surface area contributed by atoms with Gasteiger partial charge in [0.05, 0.1) is 22.3 Å². The van der Waals surface area contributed by atoms with Crippen LogP contribution >= 0.6 is 11.8 Å². The molecule has 3 aromatic carbocycles. The fourth-order valence-corrected chi connectivity index (χ4v) is 4.69. The summed E-state index contributed by atoms with van der Waals surface area (Å²) in [6, 6.07) is 26.0. The molecule has 0 aliphatic carbocycles. The van der Waals surface area contributed by atoms with E-state index in [1.807, 2.05) is 43.3 Å². The fraction of sp³-hybridized carbons (Fsp3) is 0.160. The molecule has 0 saturated carbocycles. The maximum Gasteiger partial charge on any atom is 0.269 e. The number of hydrogen-bond donors (Lipinski definition) is 0. The second-order valence-electron chi connectivity index (χ2n) is 7.20. The number of thioether (sulfide) groups is 1. The van der Waals surface area contributed by atoms with Gasteiger partial charge in [-0.05, 0) is 24.6 Å². The van der Waals surface area contributed by atoms with Crippen LogP contribution in [0, 0.1) is 45.6 Å². The molecule has 0 radical (unpaired) electrons. The number of nitro benzene ring substituents is 1. The molecule has 3 aromatic rings. The van der Waals surface area contributed by atoms with Crippen molar-refractivity contribution < 1.29 is 9.72 Å². The number of aryl methyl sites for hydroxylation is 1. The largest absolute Gasteiger partial charge is 0.293 e. The molecule has 6 nitrogen and oxygen atoms in total. The highest BCUT2D eigenvalue weighted by Crippen LogP contribution is 2.41. The Bertz CT molecular complexity index is 1180. The molecule has 2 atom stereocenters. The molecule has 158 valence electrons. The number of hydrogen-bond acceptors (Lipinski definition) is 6. The molecular formula is C25H19N3O3S. The topological polar surface area (TPSA) is 108 Å². The Balaban J connectivity index is 2.16. The predicted octanol–water partition coefficient (Wildman–Crippen LogP) is 5.69. The van der Waals surface area contributed by atoms with E-state index in [1.54, 1.807) is 36.4 Å². The van der Waals surface area contributed by atoms with Crippen molar-refractivity contribution in [3.05, 3.63) is 106 Å². The van der Waals surface area contributed by atoms with E-state index in [1.165, 1.54) is 30.0 Å². The number of Topliss-reactive ketones (excluding diaryl/α,β-unsaturated/α-hetero) is 1. The number of benzene rings is 3. The number of nitriles is 2. The van der Waals surface area contributed by atoms with Gasteiger partial charge in [-0.25, -0.2) is 0 Å². The Morgan fingerprint density at radius 2 is 1.62 bits per heavy atom. The predicted molar refractivity (Wildman–Crippen MR) is 122 cm³/mol. The van der Waals surface area contributed by atoms with Crippen LogP contribution in [0.15, 0.2) is 83.8 Å². The number of nitro groups is 1. The van der Waals surface area contributed by atoms with E-state index in [9.17, 15) is 25.4 Å². The zero-order valence-electron chi connectivity index (χ0n) is 17.2. The Hall–Kier alpha value is -3.94. The van der Waals surface area contributed by atoms with E-state index in [4.69, 9.17) is 0 Å². The summed E-state index contributed by atoms with van der Waals surface area (Å²) in [6.45, 7) is 1.95. The first-order chi connectivity index (χ1) is 15.4. The maximum atomic E-state index is 13.6. The fourth-order valence-electron chi connectivity index (χ4n) is 3.40. The normalized spacial score (nSPS) is 12.4. The molecule has 0 amide bonds. The van der Waals surface area contributed by atoms with Crippen LogP contribution in [0.2, 0.25) is 0 Å². The van der Waals surface area contributed by atoms with Crippen molar-refractivity contribution in [2.75, 3.05) is 0 Å². The molecule has 0 aliphatic heterocycles. The van der Waals surface area contributed by atoms with Crippen molar-refractivity contribution in [1.82, 2.24) is 0 Å². The SMILES string of the molecule is Cc1ccc(S[C@H](C(=O)c2ccccc2)[C@@H](c2cccc([N+](=O)[O-])c2)C(C#N)C#N)cc1. The van der Waals surface area contributed by atoms with Crippen LogP contribution in [0.25, 0.3) is 0 Å². The smallest absolute Gasteiger partial charge is 0.269 e. The summed E-state index contributed by atoms with van der Waals surface area (Å²) < 4.78 is 0. The number of carbonyl (C=O) groups excluding carboxylic acids is 1. The third-order valence-electron chi connectivity index (χ3n) is 5.03. The summed E-state index contributed by atoms with van der Waals surface area (Å²) in [6.07, 6.45) is 0. The van der Waals surface area contributed by atoms with Gasteiger partial charge in [0.25, 0.3) is 5.69 Å². The highest BCUT2D eigenvalue weighted by molar-refractivity contribution is 8.00. The van der Waals surface area contributed by atoms with Gasteiger partial charge < -0.3 is 0 Å². The van der Waals surface area contributed by atoms with Crippen molar-refractivity contribution in [2.45, 2.75) is 23.0 Å². The Morgan fingerprint density at radius 3 is 2.22 bits per heavy atom. The second kappa shape index (κ2) is 10.4. The lowest BCUT2D eigenvalue weighted by molar-refractivity contribution is -0.384. The molecule has 0 saturated heterocycles. The lowest BCUT2D eigenvalue weighted by Gasteiger charge is -2.27. The van der Waals surface area contributed by atoms with Crippen molar-refractivity contribution in [2.24, 2.45) is 5.92 Å². The van der Waals surface area contributed by atoms with Gasteiger partial charge in [0.2, 0.25) is 0 Å². The summed E-state index contributed by atoms with van der Waals surface area (Å²) in [7, 11) is 0. The molecular weight excluding hydrogens is 422 g/mol. The molecule has 0 fully saturated rings. The first-order valence-electron chi connectivity index (χ1n) is 9.80. The molecule has 0 bridgehead atoms. The molecule has 0 unspecified atom stereocenters. The number of non-ortho nitro benzene ring substituents is 1. The molecule has 3 rings (SSSR count). The van der Waals surface area contributed by atoms with Crippen molar-refractivity contribution in [3.8, 4) is 12.1 Å². The van der Waals surface area contributed by atoms with Crippen molar-refractivity contribution >= 4 is 23.2 Å². The monoisotopic (exact) mass is 441 g/mol. The Morgan fingerprint density at radius 1 is 0.969 bits per heavy atom. The first-order valence-corrected chi connectivity index (χ1v) is 10.7. The number of ketones is 1. The Kier molecular flexibility index (Phi) is 7.38. The molecule has 0 aliphatic rings. The molecule has 7 heteroatoms. The summed E-state index contributed by atoms with van der Waals surface area (Å²) in [5.74, 6) is -2.29. The van der Waals surface area contributed by atoms with Gasteiger partial charge in [-0.2, -0.15) is 10.5 Å². The minimum Gasteiger partial charge on any atom is -0.293 e. The van der Waals surface area contributed by atoms with Gasteiger partial charge in [-0.1, -0.05) is 60.2 Å². The van der Waals surface area contributed by atoms with Gasteiger partial charge in [0.15, 0.2) is 5.78 Å². The van der Waals surface area contributed by atoms with Gasteiger partial charge >= 0.3 is 0 Å². The highest BCUT2D eigenvalue weighted by atomic mass is 32.2. The summed E-state index contributed by atoms with van der Waals surface area (Å²) in [5.41, 5.74) is 1.75. The molecule has 0 heterocycles. The van der Waals surface area contributed by atoms with E-state index >= 15 is 0 Å². The quantitative estimate of drug-likeness (QED) is 0.192. The minimum absolute atomic E-state index is 0.159. The van der Waals surface area contributed by atoms with E-state index in [0.717, 1.165) is 10.5 Å². The zero-order chi connectivity index (χ0) is 23.1. The van der Waals surface area contributed by atoms with E-state index in [2.05, 4.69) is 0 Å². The summed E-state index contributed by atoms with van der Waals surface area (Å²) in [4.78, 5) is 25.2. The lowest BCUT2D eigenvalue weighted by atomic mass is 9.82. The van der Waals surface area contributed by atoms with Gasteiger partial charge in [0, 0.05) is 28.5 Å². The van der Waals surface area contributed by atoms with Crippen LogP contribution in [-0.4, -0.2) is 16.0 Å². The summed E-state index contributed by atoms with van der Waals surface area (Å²) in [5, 5.41) is 29.9. The average Bonchev–Trinajstić information content (AvgIpc) is 2.82. The highest BCUT2D eigenvalue weighted by Gasteiger charge is 2.38. The van der Waals surface area contributed by atoms with Crippen molar-refractivity contribution in [3.63, 3.8) is 0 Å². The molecule has 0 aromatic heterocycles. The lowest BCUT2D eigenvalue weighted by Crippen LogP contribution is -2.30. The number of carbonyl (C=O) groups is 1. The van der Waals surface area contributed by atoms with E-state index in [0.29, 0.717) is 11.1 Å². The van der Waals surface area contributed by atoms with E-state index in [-0.39, 0.29) is 11.5 Å². The second-order valence-corrected chi connectivity index (χ2v) is 8.41. The third-order valence-corrected chi connectivity index (χ3v) is 6.34. The van der Waals surface area contributed by atoms with Gasteiger partial charge in [-0.15, -0.1) is 11.8 Å². The zero-order valence-corrected chi connectivity index (χ0v) is 18.0. The van der Waals surface area contributed by atoms with Crippen LogP contribution in [-0.2, 0) is 0 Å². The van der Waals surface area contributed by atoms with Crippen LogP contribution in [0.5, 0.6) is 0 Å². The third kappa shape index (κ3) is 5.21. The summed E-state index contributed by atoms with van der Waals surface area (Å²) >= 11 is 1.26. The van der Waals surface area contributed by atoms with Crippen LogP contribution in [0.3, 0.4) is 0 Å². The minimum atomic E-state index is -1.17. The molecule has 0 spiro atoms. The van der Waals surface area contributed by atoms with Crippen LogP contribution < -0.4 is 0 Å². The Labute approximate surface area is 190 Å². The van der Waals surface area contributed by atoms with Crippen LogP contribution in [0.1, 0.15) is 27.4 Å². The maximum absolute atomic E-state index is 13.6. The number of nitrogens with zero attached hydrogens (tertiary/aromatic N) is 3. The standard InChI is InChI=1S/C25H19N3O3S/c1-17-10-12-22(13-11-17)32-25(24(29)18-6-3-2-4-7-18)23(20(15-26)16-27)19-8-5-9-21(14-19)28(30)31/h2-14,20,23,25H,1H3/t23-,25-/m0/s1. The van der Waals surface area contributed by atoms with Gasteiger partial charge in [-0.3, -0.25) is 14.9 Å². The van der Waals surface area contributed by atoms with Crippen molar-refractivity contribution in [1.29, 1.82) is 10.5 Å². The molecule has 32 heavy (non-hydrogen) atoms. The van der Waals surface area contributed by atoms with Gasteiger partial charge in [0.1, 0.15) is 5.92 Å².